The van der Waals surface area contributed by atoms with Gasteiger partial charge in [-0.05, 0) is 50.5 Å². The highest BCUT2D eigenvalue weighted by atomic mass is 16.4. The third-order valence-electron chi connectivity index (χ3n) is 4.35. The normalized spacial score (nSPS) is 19.1. The Balaban J connectivity index is 1.51. The third-order valence-corrected chi connectivity index (χ3v) is 4.35. The molecule has 2 aromatic rings. The van der Waals surface area contributed by atoms with Crippen LogP contribution in [0.1, 0.15) is 23.4 Å². The molecule has 1 aliphatic rings. The van der Waals surface area contributed by atoms with E-state index in [0.717, 1.165) is 22.6 Å². The van der Waals surface area contributed by atoms with Crippen LogP contribution in [0.25, 0.3) is 5.69 Å². The highest BCUT2D eigenvalue weighted by Crippen LogP contribution is 2.38. The largest absolute Gasteiger partial charge is 0.481 e. The fraction of sp³-hybridized carbons (Fsp3) is 0.389. The van der Waals surface area contributed by atoms with Gasteiger partial charge in [0.05, 0.1) is 23.2 Å². The van der Waals surface area contributed by atoms with Crippen molar-refractivity contribution in [3.63, 3.8) is 0 Å². The summed E-state index contributed by atoms with van der Waals surface area (Å²) in [5.74, 6) is -1.88. The van der Waals surface area contributed by atoms with Gasteiger partial charge in [-0.3, -0.25) is 9.59 Å². The van der Waals surface area contributed by atoms with Crippen molar-refractivity contribution in [2.24, 2.45) is 11.8 Å². The number of nitrogens with one attached hydrogen (secondary N) is 1. The first-order chi connectivity index (χ1) is 11.5. The molecule has 6 heteroatoms. The Kier molecular flexibility index (Phi) is 4.38. The quantitative estimate of drug-likeness (QED) is 0.848. The number of carbonyl (C=O) groups excluding carboxylic acids is 1. The fourth-order valence-electron chi connectivity index (χ4n) is 2.91. The van der Waals surface area contributed by atoms with Crippen molar-refractivity contribution in [2.45, 2.75) is 26.7 Å². The predicted molar refractivity (Wildman–Crippen MR) is 89.0 cm³/mol. The molecule has 2 atom stereocenters. The molecule has 0 spiro atoms. The summed E-state index contributed by atoms with van der Waals surface area (Å²) in [6.45, 7) is 4.50. The third kappa shape index (κ3) is 3.48. The molecule has 6 nitrogen and oxygen atoms in total. The number of aliphatic carboxylic acids is 1. The number of amides is 1. The molecule has 0 radical (unpaired) electrons. The van der Waals surface area contributed by atoms with Gasteiger partial charge in [0.25, 0.3) is 0 Å². The molecule has 1 amide bonds. The monoisotopic (exact) mass is 327 g/mol. The SMILES string of the molecule is Cc1cc(C)n(-c2ccc(CCNC(=O)C3CC3C(=O)O)cc2)n1. The van der Waals surface area contributed by atoms with Gasteiger partial charge in [0, 0.05) is 12.2 Å². The molecule has 0 aliphatic heterocycles. The highest BCUT2D eigenvalue weighted by Gasteiger charge is 2.48. The van der Waals surface area contributed by atoms with E-state index in [-0.39, 0.29) is 11.8 Å². The summed E-state index contributed by atoms with van der Waals surface area (Å²) >= 11 is 0. The maximum absolute atomic E-state index is 11.8. The number of rotatable bonds is 6. The van der Waals surface area contributed by atoms with Crippen molar-refractivity contribution < 1.29 is 14.7 Å². The number of aryl methyl sites for hydroxylation is 2. The van der Waals surface area contributed by atoms with E-state index < -0.39 is 11.9 Å². The van der Waals surface area contributed by atoms with Crippen LogP contribution in [0.3, 0.4) is 0 Å². The average Bonchev–Trinajstić information content (AvgIpc) is 3.28. The Morgan fingerprint density at radius 3 is 2.50 bits per heavy atom. The van der Waals surface area contributed by atoms with Gasteiger partial charge in [-0.15, -0.1) is 0 Å². The number of hydrogen-bond acceptors (Lipinski definition) is 3. The summed E-state index contributed by atoms with van der Waals surface area (Å²) in [5, 5.41) is 16.1. The maximum Gasteiger partial charge on any atom is 0.307 e. The topological polar surface area (TPSA) is 84.2 Å². The Morgan fingerprint density at radius 1 is 1.25 bits per heavy atom. The van der Waals surface area contributed by atoms with Crippen LogP contribution in [0, 0.1) is 25.7 Å². The number of carboxylic acids is 1. The molecular weight excluding hydrogens is 306 g/mol. The van der Waals surface area contributed by atoms with Crippen molar-refractivity contribution in [1.29, 1.82) is 0 Å². The molecule has 1 aliphatic carbocycles. The van der Waals surface area contributed by atoms with Gasteiger partial charge in [-0.1, -0.05) is 12.1 Å². The lowest BCUT2D eigenvalue weighted by Gasteiger charge is -2.07. The second kappa shape index (κ2) is 6.47. The lowest BCUT2D eigenvalue weighted by molar-refractivity contribution is -0.140. The average molecular weight is 327 g/mol. The molecule has 1 saturated carbocycles. The van der Waals surface area contributed by atoms with Gasteiger partial charge in [0.2, 0.25) is 5.91 Å². The Bertz CT molecular complexity index is 764. The second-order valence-electron chi connectivity index (χ2n) is 6.33. The van der Waals surface area contributed by atoms with Crippen LogP contribution in [0.15, 0.2) is 30.3 Å². The van der Waals surface area contributed by atoms with Crippen molar-refractivity contribution in [3.05, 3.63) is 47.3 Å². The van der Waals surface area contributed by atoms with Crippen LogP contribution in [0.4, 0.5) is 0 Å². The van der Waals surface area contributed by atoms with E-state index in [0.29, 0.717) is 19.4 Å². The van der Waals surface area contributed by atoms with Crippen molar-refractivity contribution in [2.75, 3.05) is 6.54 Å². The van der Waals surface area contributed by atoms with Gasteiger partial charge < -0.3 is 10.4 Å². The second-order valence-corrected chi connectivity index (χ2v) is 6.33. The van der Waals surface area contributed by atoms with Crippen molar-refractivity contribution in [3.8, 4) is 5.69 Å². The van der Waals surface area contributed by atoms with Crippen molar-refractivity contribution in [1.82, 2.24) is 15.1 Å². The van der Waals surface area contributed by atoms with Crippen LogP contribution < -0.4 is 5.32 Å². The molecule has 3 rings (SSSR count). The number of aromatic nitrogens is 2. The van der Waals surface area contributed by atoms with Gasteiger partial charge in [-0.25, -0.2) is 4.68 Å². The number of benzene rings is 1. The maximum atomic E-state index is 11.8. The minimum Gasteiger partial charge on any atom is -0.481 e. The number of nitrogens with zero attached hydrogens (tertiary/aromatic N) is 2. The molecule has 0 bridgehead atoms. The summed E-state index contributed by atoms with van der Waals surface area (Å²) < 4.78 is 1.90. The van der Waals surface area contributed by atoms with E-state index in [1.807, 2.05) is 48.9 Å². The van der Waals surface area contributed by atoms with E-state index in [4.69, 9.17) is 5.11 Å². The smallest absolute Gasteiger partial charge is 0.307 e. The summed E-state index contributed by atoms with van der Waals surface area (Å²) in [6.07, 6.45) is 1.17. The Morgan fingerprint density at radius 2 is 1.96 bits per heavy atom. The van der Waals surface area contributed by atoms with Crippen LogP contribution in [-0.4, -0.2) is 33.3 Å². The van der Waals surface area contributed by atoms with Gasteiger partial charge in [-0.2, -0.15) is 5.10 Å². The van der Waals surface area contributed by atoms with E-state index in [2.05, 4.69) is 10.4 Å². The minimum absolute atomic E-state index is 0.151. The Hall–Kier alpha value is -2.63. The van der Waals surface area contributed by atoms with Gasteiger partial charge >= 0.3 is 5.97 Å². The molecule has 2 N–H and O–H groups in total. The van der Waals surface area contributed by atoms with E-state index in [1.165, 1.54) is 0 Å². The predicted octanol–water partition coefficient (Wildman–Crippen LogP) is 1.87. The first kappa shape index (κ1) is 16.2. The molecule has 2 unspecified atom stereocenters. The zero-order valence-electron chi connectivity index (χ0n) is 13.8. The highest BCUT2D eigenvalue weighted by molar-refractivity contribution is 5.89. The molecule has 1 aromatic carbocycles. The number of carbonyl (C=O) groups is 2. The van der Waals surface area contributed by atoms with Gasteiger partial charge in [0.1, 0.15) is 0 Å². The Labute approximate surface area is 140 Å². The molecule has 1 heterocycles. The lowest BCUT2D eigenvalue weighted by Crippen LogP contribution is -2.28. The van der Waals surface area contributed by atoms with E-state index in [1.54, 1.807) is 0 Å². The molecule has 1 fully saturated rings. The van der Waals surface area contributed by atoms with E-state index >= 15 is 0 Å². The van der Waals surface area contributed by atoms with Crippen molar-refractivity contribution >= 4 is 11.9 Å². The molecule has 0 saturated heterocycles. The summed E-state index contributed by atoms with van der Waals surface area (Å²) in [6, 6.07) is 10.1. The molecular formula is C18H21N3O3. The summed E-state index contributed by atoms with van der Waals surface area (Å²) in [5.41, 5.74) is 4.20. The fourth-order valence-corrected chi connectivity index (χ4v) is 2.91. The molecule has 126 valence electrons. The minimum atomic E-state index is -0.880. The summed E-state index contributed by atoms with van der Waals surface area (Å²) in [4.78, 5) is 22.6. The first-order valence-electron chi connectivity index (χ1n) is 8.09. The van der Waals surface area contributed by atoms with Crippen LogP contribution >= 0.6 is 0 Å². The zero-order valence-corrected chi connectivity index (χ0v) is 13.8. The lowest BCUT2D eigenvalue weighted by atomic mass is 10.1. The molecule has 24 heavy (non-hydrogen) atoms. The van der Waals surface area contributed by atoms with E-state index in [9.17, 15) is 9.59 Å². The van der Waals surface area contributed by atoms with Crippen LogP contribution in [-0.2, 0) is 16.0 Å². The molecule has 1 aromatic heterocycles. The summed E-state index contributed by atoms with van der Waals surface area (Å²) in [7, 11) is 0. The van der Waals surface area contributed by atoms with Crippen LogP contribution in [0.2, 0.25) is 0 Å². The first-order valence-corrected chi connectivity index (χ1v) is 8.09. The number of hydrogen-bond donors (Lipinski definition) is 2. The zero-order chi connectivity index (χ0) is 17.3. The number of carboxylic acid groups (broad SMARTS) is 1. The van der Waals surface area contributed by atoms with Crippen LogP contribution in [0.5, 0.6) is 0 Å². The van der Waals surface area contributed by atoms with Gasteiger partial charge in [0.15, 0.2) is 0 Å². The standard InChI is InChI=1S/C18H21N3O3/c1-11-9-12(2)21(20-11)14-5-3-13(4-6-14)7-8-19-17(22)15-10-16(15)18(23)24/h3-6,9,15-16H,7-8,10H2,1-2H3,(H,19,22)(H,23,24).